The summed E-state index contributed by atoms with van der Waals surface area (Å²) in [6, 6.07) is 6.65. The summed E-state index contributed by atoms with van der Waals surface area (Å²) in [6.07, 6.45) is 3.42. The van der Waals surface area contributed by atoms with Gasteiger partial charge in [-0.3, -0.25) is 0 Å². The summed E-state index contributed by atoms with van der Waals surface area (Å²) >= 11 is 0. The van der Waals surface area contributed by atoms with Crippen molar-refractivity contribution in [2.24, 2.45) is 11.1 Å². The minimum atomic E-state index is -3.68. The van der Waals surface area contributed by atoms with Crippen LogP contribution in [0.3, 0.4) is 0 Å². The van der Waals surface area contributed by atoms with Crippen molar-refractivity contribution in [2.75, 3.05) is 25.1 Å². The van der Waals surface area contributed by atoms with E-state index in [1.807, 2.05) is 0 Å². The van der Waals surface area contributed by atoms with Gasteiger partial charge in [0.05, 0.1) is 5.69 Å². The van der Waals surface area contributed by atoms with E-state index < -0.39 is 10.0 Å². The molecule has 0 bridgehead atoms. The molecule has 1 fully saturated rings. The number of sulfonamides is 1. The zero-order chi connectivity index (χ0) is 13.7. The van der Waals surface area contributed by atoms with Crippen LogP contribution in [0, 0.1) is 5.92 Å². The fraction of sp³-hybridized carbons (Fsp3) is 0.538. The van der Waals surface area contributed by atoms with Crippen LogP contribution < -0.4 is 10.5 Å². The van der Waals surface area contributed by atoms with Crippen molar-refractivity contribution in [3.63, 3.8) is 0 Å². The summed E-state index contributed by atoms with van der Waals surface area (Å²) in [7, 11) is -3.68. The third-order valence-electron chi connectivity index (χ3n) is 3.02. The highest BCUT2D eigenvalue weighted by Crippen LogP contribution is 2.28. The Morgan fingerprint density at radius 3 is 2.74 bits per heavy atom. The molecule has 106 valence electrons. The molecule has 1 aliphatic rings. The van der Waals surface area contributed by atoms with Crippen LogP contribution in [-0.4, -0.2) is 28.2 Å². The fourth-order valence-corrected chi connectivity index (χ4v) is 2.51. The van der Waals surface area contributed by atoms with Crippen molar-refractivity contribution in [1.29, 1.82) is 0 Å². The molecule has 3 N–H and O–H groups in total. The van der Waals surface area contributed by atoms with Gasteiger partial charge in [0.25, 0.3) is 0 Å². The normalized spacial score (nSPS) is 15.4. The van der Waals surface area contributed by atoms with Gasteiger partial charge < -0.3 is 10.1 Å². The average molecular weight is 284 g/mol. The lowest BCUT2D eigenvalue weighted by molar-refractivity contribution is 0.124. The Morgan fingerprint density at radius 2 is 2.05 bits per heavy atom. The van der Waals surface area contributed by atoms with E-state index >= 15 is 0 Å². The highest BCUT2D eigenvalue weighted by atomic mass is 32.2. The summed E-state index contributed by atoms with van der Waals surface area (Å²) in [5, 5.41) is 8.24. The van der Waals surface area contributed by atoms with E-state index in [0.717, 1.165) is 18.9 Å². The molecule has 0 radical (unpaired) electrons. The maximum absolute atomic E-state index is 11.4. The Hall–Kier alpha value is -1.11. The molecular formula is C13H20N2O3S. The first-order chi connectivity index (χ1) is 9.07. The van der Waals surface area contributed by atoms with E-state index in [0.29, 0.717) is 18.8 Å². The van der Waals surface area contributed by atoms with Gasteiger partial charge in [-0.2, -0.15) is 0 Å². The monoisotopic (exact) mass is 284 g/mol. The number of hydrogen-bond donors (Lipinski definition) is 2. The van der Waals surface area contributed by atoms with Gasteiger partial charge in [0.1, 0.15) is 4.90 Å². The van der Waals surface area contributed by atoms with Crippen LogP contribution in [0.25, 0.3) is 0 Å². The van der Waals surface area contributed by atoms with Gasteiger partial charge in [-0.05, 0) is 37.3 Å². The van der Waals surface area contributed by atoms with Crippen molar-refractivity contribution >= 4 is 15.7 Å². The Kier molecular flexibility index (Phi) is 4.79. The second-order valence-electron chi connectivity index (χ2n) is 4.84. The summed E-state index contributed by atoms with van der Waals surface area (Å²) in [4.78, 5) is 0.133. The molecule has 2 rings (SSSR count). The van der Waals surface area contributed by atoms with Crippen LogP contribution in [0.5, 0.6) is 0 Å². The van der Waals surface area contributed by atoms with E-state index in [1.165, 1.54) is 18.9 Å². The van der Waals surface area contributed by atoms with Gasteiger partial charge in [0, 0.05) is 19.8 Å². The van der Waals surface area contributed by atoms with E-state index in [2.05, 4.69) is 5.32 Å². The van der Waals surface area contributed by atoms with Gasteiger partial charge >= 0.3 is 0 Å². The Bertz CT molecular complexity index is 512. The maximum atomic E-state index is 11.4. The summed E-state index contributed by atoms with van der Waals surface area (Å²) in [6.45, 7) is 2.21. The molecule has 5 nitrogen and oxygen atoms in total. The van der Waals surface area contributed by atoms with Gasteiger partial charge in [0.2, 0.25) is 10.0 Å². The van der Waals surface area contributed by atoms with Crippen molar-refractivity contribution in [3.8, 4) is 0 Å². The van der Waals surface area contributed by atoms with Crippen LogP contribution in [0.15, 0.2) is 29.2 Å². The Morgan fingerprint density at radius 1 is 1.32 bits per heavy atom. The standard InChI is InChI=1S/C13H20N2O3S/c14-19(16,17)13-5-2-1-4-12(13)15-8-3-9-18-10-11-6-7-11/h1-2,4-5,11,15H,3,6-10H2,(H2,14,16,17). The summed E-state index contributed by atoms with van der Waals surface area (Å²) < 4.78 is 28.3. The Labute approximate surface area is 114 Å². The molecule has 0 spiro atoms. The molecule has 0 heterocycles. The number of ether oxygens (including phenoxy) is 1. The Balaban J connectivity index is 1.75. The third-order valence-corrected chi connectivity index (χ3v) is 3.99. The van der Waals surface area contributed by atoms with Crippen LogP contribution in [0.4, 0.5) is 5.69 Å². The lowest BCUT2D eigenvalue weighted by Gasteiger charge is -2.10. The zero-order valence-electron chi connectivity index (χ0n) is 10.8. The number of nitrogens with one attached hydrogen (secondary N) is 1. The molecule has 1 saturated carbocycles. The van der Waals surface area contributed by atoms with Gasteiger partial charge in [-0.15, -0.1) is 0 Å². The molecule has 19 heavy (non-hydrogen) atoms. The largest absolute Gasteiger partial charge is 0.384 e. The van der Waals surface area contributed by atoms with Crippen LogP contribution >= 0.6 is 0 Å². The van der Waals surface area contributed by atoms with E-state index in [4.69, 9.17) is 9.88 Å². The molecule has 1 aromatic carbocycles. The quantitative estimate of drug-likeness (QED) is 0.710. The van der Waals surface area contributed by atoms with E-state index in [-0.39, 0.29) is 4.90 Å². The number of hydrogen-bond acceptors (Lipinski definition) is 4. The molecule has 0 saturated heterocycles. The number of primary sulfonamides is 1. The van der Waals surface area contributed by atoms with Gasteiger partial charge in [-0.25, -0.2) is 13.6 Å². The predicted octanol–water partition coefficient (Wildman–Crippen LogP) is 1.56. The topological polar surface area (TPSA) is 81.4 Å². The number of nitrogens with two attached hydrogens (primary N) is 1. The van der Waals surface area contributed by atoms with Gasteiger partial charge in [0.15, 0.2) is 0 Å². The maximum Gasteiger partial charge on any atom is 0.240 e. The first-order valence-electron chi connectivity index (χ1n) is 6.51. The smallest absolute Gasteiger partial charge is 0.240 e. The molecule has 0 aliphatic heterocycles. The van der Waals surface area contributed by atoms with Crippen molar-refractivity contribution in [2.45, 2.75) is 24.2 Å². The first kappa shape index (κ1) is 14.3. The molecule has 0 aromatic heterocycles. The second kappa shape index (κ2) is 6.36. The summed E-state index contributed by atoms with van der Waals surface area (Å²) in [5.41, 5.74) is 0.548. The SMILES string of the molecule is NS(=O)(=O)c1ccccc1NCCCOCC1CC1. The minimum absolute atomic E-state index is 0.133. The zero-order valence-corrected chi connectivity index (χ0v) is 11.7. The fourth-order valence-electron chi connectivity index (χ4n) is 1.79. The first-order valence-corrected chi connectivity index (χ1v) is 8.05. The minimum Gasteiger partial charge on any atom is -0.384 e. The highest BCUT2D eigenvalue weighted by molar-refractivity contribution is 7.89. The average Bonchev–Trinajstić information content (AvgIpc) is 3.17. The molecule has 0 atom stereocenters. The molecule has 6 heteroatoms. The van der Waals surface area contributed by atoms with E-state index in [9.17, 15) is 8.42 Å². The van der Waals surface area contributed by atoms with Crippen LogP contribution in [0.1, 0.15) is 19.3 Å². The molecule has 0 amide bonds. The van der Waals surface area contributed by atoms with Crippen molar-refractivity contribution in [3.05, 3.63) is 24.3 Å². The molecule has 1 aromatic rings. The van der Waals surface area contributed by atoms with Crippen molar-refractivity contribution < 1.29 is 13.2 Å². The third kappa shape index (κ3) is 4.81. The molecular weight excluding hydrogens is 264 g/mol. The summed E-state index contributed by atoms with van der Waals surface area (Å²) in [5.74, 6) is 0.774. The van der Waals surface area contributed by atoms with Crippen molar-refractivity contribution in [1.82, 2.24) is 0 Å². The highest BCUT2D eigenvalue weighted by Gasteiger charge is 2.20. The molecule has 1 aliphatic carbocycles. The number of para-hydroxylation sites is 1. The predicted molar refractivity (Wildman–Crippen MR) is 74.5 cm³/mol. The number of rotatable bonds is 8. The van der Waals surface area contributed by atoms with Crippen LogP contribution in [0.2, 0.25) is 0 Å². The van der Waals surface area contributed by atoms with Gasteiger partial charge in [-0.1, -0.05) is 12.1 Å². The molecule has 0 unspecified atom stereocenters. The van der Waals surface area contributed by atoms with Crippen LogP contribution in [-0.2, 0) is 14.8 Å². The number of anilines is 1. The van der Waals surface area contributed by atoms with E-state index in [1.54, 1.807) is 18.2 Å². The lowest BCUT2D eigenvalue weighted by Crippen LogP contribution is -2.16. The second-order valence-corrected chi connectivity index (χ2v) is 6.37. The lowest BCUT2D eigenvalue weighted by atomic mass is 10.3. The number of benzene rings is 1.